The predicted molar refractivity (Wildman–Crippen MR) is 109 cm³/mol. The molecular weight excluding hydrogens is 360 g/mol. The predicted octanol–water partition coefficient (Wildman–Crippen LogP) is 3.05. The lowest BCUT2D eigenvalue weighted by atomic mass is 10.1. The fraction of sp³-hybridized carbons (Fsp3) is 0.429. The number of rotatable bonds is 7. The molecule has 146 valence electrons. The third kappa shape index (κ3) is 5.31. The summed E-state index contributed by atoms with van der Waals surface area (Å²) in [5.41, 5.74) is 4.16. The third-order valence-electron chi connectivity index (χ3n) is 4.88. The average molecular weight is 389 g/mol. The fourth-order valence-corrected chi connectivity index (χ4v) is 4.67. The first-order valence-corrected chi connectivity index (χ1v) is 10.9. The largest absolute Gasteiger partial charge is 0.378 e. The minimum atomic E-state index is -3.46. The second-order valence-corrected chi connectivity index (χ2v) is 8.77. The zero-order chi connectivity index (χ0) is 19.3. The van der Waals surface area contributed by atoms with Crippen LogP contribution in [0.5, 0.6) is 0 Å². The number of hydrogen-bond acceptors (Lipinski definition) is 4. The first kappa shape index (κ1) is 19.9. The summed E-state index contributed by atoms with van der Waals surface area (Å²) in [6.07, 6.45) is 1.61. The van der Waals surface area contributed by atoms with E-state index in [-0.39, 0.29) is 0 Å². The fourth-order valence-electron chi connectivity index (χ4n) is 3.27. The molecule has 1 aliphatic rings. The van der Waals surface area contributed by atoms with Gasteiger partial charge in [-0.15, -0.1) is 0 Å². The van der Waals surface area contributed by atoms with Gasteiger partial charge in [-0.05, 0) is 61.6 Å². The normalized spacial score (nSPS) is 15.1. The number of nitrogens with one attached hydrogen (secondary N) is 1. The quantitative estimate of drug-likeness (QED) is 0.741. The zero-order valence-electron chi connectivity index (χ0n) is 16.1. The van der Waals surface area contributed by atoms with E-state index in [1.165, 1.54) is 11.3 Å². The van der Waals surface area contributed by atoms with Crippen molar-refractivity contribution in [3.05, 3.63) is 59.2 Å². The Kier molecular flexibility index (Phi) is 6.52. The highest BCUT2D eigenvalue weighted by atomic mass is 32.2. The van der Waals surface area contributed by atoms with E-state index >= 15 is 0 Å². The van der Waals surface area contributed by atoms with Gasteiger partial charge in [0.25, 0.3) is 0 Å². The summed E-state index contributed by atoms with van der Waals surface area (Å²) >= 11 is 0. The van der Waals surface area contributed by atoms with Crippen LogP contribution in [-0.2, 0) is 21.2 Å². The molecule has 6 heteroatoms. The SMILES string of the molecule is Cc1ccc(C)c(S(=O)(=O)NCCCc2ccc(N3CCOCC3)cc2)c1. The zero-order valence-corrected chi connectivity index (χ0v) is 16.9. The van der Waals surface area contributed by atoms with E-state index in [9.17, 15) is 8.42 Å². The summed E-state index contributed by atoms with van der Waals surface area (Å²) < 4.78 is 33.1. The number of anilines is 1. The Bertz CT molecular complexity index is 857. The second-order valence-electron chi connectivity index (χ2n) is 7.04. The van der Waals surface area contributed by atoms with Gasteiger partial charge >= 0.3 is 0 Å². The molecule has 1 fully saturated rings. The lowest BCUT2D eigenvalue weighted by molar-refractivity contribution is 0.122. The molecule has 5 nitrogen and oxygen atoms in total. The van der Waals surface area contributed by atoms with Gasteiger partial charge in [-0.25, -0.2) is 13.1 Å². The standard InChI is InChI=1S/C21H28N2O3S/c1-17-5-6-18(2)21(16-17)27(24,25)22-11-3-4-19-7-9-20(10-8-19)23-12-14-26-15-13-23/h5-10,16,22H,3-4,11-15H2,1-2H3. The van der Waals surface area contributed by atoms with Crippen molar-refractivity contribution in [1.82, 2.24) is 4.72 Å². The lowest BCUT2D eigenvalue weighted by Gasteiger charge is -2.28. The Morgan fingerprint density at radius 3 is 2.44 bits per heavy atom. The Balaban J connectivity index is 1.50. The van der Waals surface area contributed by atoms with Crippen LogP contribution in [0.25, 0.3) is 0 Å². The van der Waals surface area contributed by atoms with E-state index in [2.05, 4.69) is 33.9 Å². The number of nitrogens with zero attached hydrogens (tertiary/aromatic N) is 1. The minimum Gasteiger partial charge on any atom is -0.378 e. The number of morpholine rings is 1. The van der Waals surface area contributed by atoms with Gasteiger partial charge in [-0.3, -0.25) is 0 Å². The maximum atomic E-state index is 12.5. The van der Waals surface area contributed by atoms with Crippen LogP contribution in [-0.4, -0.2) is 41.3 Å². The molecule has 1 heterocycles. The molecule has 0 aliphatic carbocycles. The maximum absolute atomic E-state index is 12.5. The van der Waals surface area contributed by atoms with Gasteiger partial charge in [0.1, 0.15) is 0 Å². The summed E-state index contributed by atoms with van der Waals surface area (Å²) in [6, 6.07) is 14.0. The van der Waals surface area contributed by atoms with E-state index in [1.54, 1.807) is 6.07 Å². The van der Waals surface area contributed by atoms with Gasteiger partial charge < -0.3 is 9.64 Å². The highest BCUT2D eigenvalue weighted by molar-refractivity contribution is 7.89. The molecule has 0 unspecified atom stereocenters. The van der Waals surface area contributed by atoms with Gasteiger partial charge in [0.2, 0.25) is 10.0 Å². The Hall–Kier alpha value is -1.89. The van der Waals surface area contributed by atoms with Gasteiger partial charge in [-0.2, -0.15) is 0 Å². The van der Waals surface area contributed by atoms with Crippen LogP contribution in [0.4, 0.5) is 5.69 Å². The second kappa shape index (κ2) is 8.87. The summed E-state index contributed by atoms with van der Waals surface area (Å²) in [5.74, 6) is 0. The van der Waals surface area contributed by atoms with Gasteiger partial charge in [0, 0.05) is 25.3 Å². The molecule has 0 bridgehead atoms. The van der Waals surface area contributed by atoms with Gasteiger partial charge in [0.15, 0.2) is 0 Å². The summed E-state index contributed by atoms with van der Waals surface area (Å²) in [7, 11) is -3.46. The lowest BCUT2D eigenvalue weighted by Crippen LogP contribution is -2.36. The number of ether oxygens (including phenoxy) is 1. The molecular formula is C21H28N2O3S. The molecule has 0 spiro atoms. The molecule has 0 radical (unpaired) electrons. The van der Waals surface area contributed by atoms with Gasteiger partial charge in [0.05, 0.1) is 18.1 Å². The van der Waals surface area contributed by atoms with Gasteiger partial charge in [-0.1, -0.05) is 24.3 Å². The average Bonchev–Trinajstić information content (AvgIpc) is 2.68. The van der Waals surface area contributed by atoms with Crippen LogP contribution in [0.2, 0.25) is 0 Å². The van der Waals surface area contributed by atoms with E-state index in [1.807, 2.05) is 26.0 Å². The maximum Gasteiger partial charge on any atom is 0.240 e. The van der Waals surface area contributed by atoms with Crippen molar-refractivity contribution in [1.29, 1.82) is 0 Å². The van der Waals surface area contributed by atoms with Crippen molar-refractivity contribution < 1.29 is 13.2 Å². The molecule has 2 aromatic carbocycles. The first-order valence-electron chi connectivity index (χ1n) is 9.44. The molecule has 1 saturated heterocycles. The molecule has 0 saturated carbocycles. The van der Waals surface area contributed by atoms with Crippen molar-refractivity contribution in [3.63, 3.8) is 0 Å². The number of hydrogen-bond donors (Lipinski definition) is 1. The molecule has 3 rings (SSSR count). The number of aryl methyl sites for hydroxylation is 3. The van der Waals surface area contributed by atoms with Crippen molar-refractivity contribution >= 4 is 15.7 Å². The Morgan fingerprint density at radius 1 is 1.04 bits per heavy atom. The van der Waals surface area contributed by atoms with Crippen LogP contribution in [0.15, 0.2) is 47.4 Å². The molecule has 1 aliphatic heterocycles. The molecule has 1 N–H and O–H groups in total. The van der Waals surface area contributed by atoms with Crippen molar-refractivity contribution in [2.75, 3.05) is 37.7 Å². The Morgan fingerprint density at radius 2 is 1.74 bits per heavy atom. The van der Waals surface area contributed by atoms with Crippen LogP contribution < -0.4 is 9.62 Å². The van der Waals surface area contributed by atoms with Crippen molar-refractivity contribution in [2.24, 2.45) is 0 Å². The van der Waals surface area contributed by atoms with E-state index < -0.39 is 10.0 Å². The summed E-state index contributed by atoms with van der Waals surface area (Å²) in [5, 5.41) is 0. The summed E-state index contributed by atoms with van der Waals surface area (Å²) in [4.78, 5) is 2.70. The number of sulfonamides is 1. The summed E-state index contributed by atoms with van der Waals surface area (Å²) in [6.45, 7) is 7.58. The highest BCUT2D eigenvalue weighted by Gasteiger charge is 2.16. The van der Waals surface area contributed by atoms with Crippen LogP contribution in [0, 0.1) is 13.8 Å². The first-order chi connectivity index (χ1) is 13.0. The van der Waals surface area contributed by atoms with E-state index in [0.717, 1.165) is 50.3 Å². The molecule has 27 heavy (non-hydrogen) atoms. The van der Waals surface area contributed by atoms with Crippen molar-refractivity contribution in [3.8, 4) is 0 Å². The van der Waals surface area contributed by atoms with Crippen LogP contribution in [0.3, 0.4) is 0 Å². The van der Waals surface area contributed by atoms with E-state index in [0.29, 0.717) is 11.4 Å². The monoisotopic (exact) mass is 388 g/mol. The van der Waals surface area contributed by atoms with Crippen LogP contribution in [0.1, 0.15) is 23.1 Å². The Labute approximate surface area is 162 Å². The highest BCUT2D eigenvalue weighted by Crippen LogP contribution is 2.18. The van der Waals surface area contributed by atoms with E-state index in [4.69, 9.17) is 4.74 Å². The molecule has 0 atom stereocenters. The minimum absolute atomic E-state index is 0.373. The topological polar surface area (TPSA) is 58.6 Å². The molecule has 0 amide bonds. The number of benzene rings is 2. The molecule has 2 aromatic rings. The van der Waals surface area contributed by atoms with Crippen LogP contribution >= 0.6 is 0 Å². The smallest absolute Gasteiger partial charge is 0.240 e. The third-order valence-corrected chi connectivity index (χ3v) is 6.48. The molecule has 0 aromatic heterocycles. The van der Waals surface area contributed by atoms with Crippen molar-refractivity contribution in [2.45, 2.75) is 31.6 Å².